The molecule has 6 heterocycles. The van der Waals surface area contributed by atoms with E-state index in [1.807, 2.05) is 85.3 Å². The second-order valence-electron chi connectivity index (χ2n) is 15.6. The summed E-state index contributed by atoms with van der Waals surface area (Å²) in [4.78, 5) is 29.6. The molecule has 0 bridgehead atoms. The molecular formula is C54H32N8S. The van der Waals surface area contributed by atoms with E-state index in [0.29, 0.717) is 23.4 Å². The Hall–Kier alpha value is -8.40. The van der Waals surface area contributed by atoms with Gasteiger partial charge in [0.1, 0.15) is 0 Å². The van der Waals surface area contributed by atoms with Crippen molar-refractivity contribution in [3.8, 4) is 57.1 Å². The Morgan fingerprint density at radius 1 is 0.365 bits per heavy atom. The van der Waals surface area contributed by atoms with Crippen LogP contribution in [0, 0.1) is 0 Å². The Bertz CT molecular complexity index is 3870. The Morgan fingerprint density at radius 3 is 1.79 bits per heavy atom. The van der Waals surface area contributed by atoms with Crippen LogP contribution in [0.1, 0.15) is 0 Å². The van der Waals surface area contributed by atoms with Crippen molar-refractivity contribution in [1.29, 1.82) is 0 Å². The molecule has 0 aliphatic heterocycles. The SMILES string of the molecule is c1ccc(-c2nc(-c3ccccc3)nc(-n3c4ccccc4c4cc(-c5ccnc(-c6ccc7c8ccccc8n(-c8ccc9sc%10ccncc%10c9c8)c7c6)n5)ccc43)n2)cc1. The van der Waals surface area contributed by atoms with Crippen molar-refractivity contribution >= 4 is 75.1 Å². The molecule has 9 heteroatoms. The number of aromatic nitrogens is 8. The van der Waals surface area contributed by atoms with Crippen LogP contribution in [0.3, 0.4) is 0 Å². The Morgan fingerprint density at radius 2 is 1.02 bits per heavy atom. The van der Waals surface area contributed by atoms with Gasteiger partial charge < -0.3 is 4.57 Å². The molecule has 0 spiro atoms. The summed E-state index contributed by atoms with van der Waals surface area (Å²) in [6, 6.07) is 61.1. The molecule has 6 aromatic heterocycles. The van der Waals surface area contributed by atoms with E-state index in [-0.39, 0.29) is 0 Å². The van der Waals surface area contributed by atoms with Crippen LogP contribution in [0.25, 0.3) is 121 Å². The first-order chi connectivity index (χ1) is 31.2. The minimum absolute atomic E-state index is 0.555. The smallest absolute Gasteiger partial charge is 0.238 e. The highest BCUT2D eigenvalue weighted by atomic mass is 32.1. The molecular weight excluding hydrogens is 793 g/mol. The van der Waals surface area contributed by atoms with Crippen LogP contribution < -0.4 is 0 Å². The highest BCUT2D eigenvalue weighted by molar-refractivity contribution is 7.25. The first-order valence-electron chi connectivity index (χ1n) is 20.8. The Kier molecular flexibility index (Phi) is 7.91. The fourth-order valence-corrected chi connectivity index (χ4v) is 10.1. The molecule has 0 N–H and O–H groups in total. The number of hydrogen-bond donors (Lipinski definition) is 0. The first kappa shape index (κ1) is 35.4. The predicted molar refractivity (Wildman–Crippen MR) is 257 cm³/mol. The molecule has 63 heavy (non-hydrogen) atoms. The lowest BCUT2D eigenvalue weighted by Crippen LogP contribution is -2.06. The highest BCUT2D eigenvalue weighted by Crippen LogP contribution is 2.39. The standard InChI is InChI=1S/C54H32N8S/c1-3-11-33(12-4-1)52-58-53(34-13-5-2-6-14-34)60-54(59-52)62-46-18-10-8-16-39(46)41-29-35(20-23-47(41)62)44-25-28-56-51(57-44)36-19-22-40-38-15-7-9-17-45(38)61(48(40)30-36)37-21-24-49-42(31-37)43-32-55-27-26-50(43)63-49/h1-32H. The third kappa shape index (κ3) is 5.75. The van der Waals surface area contributed by atoms with Crippen molar-refractivity contribution in [1.82, 2.24) is 39.0 Å². The van der Waals surface area contributed by atoms with Gasteiger partial charge in [-0.2, -0.15) is 9.97 Å². The van der Waals surface area contributed by atoms with Crippen molar-refractivity contribution in [2.24, 2.45) is 0 Å². The zero-order chi connectivity index (χ0) is 41.4. The van der Waals surface area contributed by atoms with Gasteiger partial charge in [-0.05, 0) is 60.7 Å². The van der Waals surface area contributed by atoms with Gasteiger partial charge in [0.2, 0.25) is 5.95 Å². The fraction of sp³-hybridized carbons (Fsp3) is 0. The Balaban J connectivity index is 0.937. The molecule has 0 radical (unpaired) electrons. The lowest BCUT2D eigenvalue weighted by molar-refractivity contribution is 0.953. The lowest BCUT2D eigenvalue weighted by atomic mass is 10.1. The molecule has 8 nitrogen and oxygen atoms in total. The van der Waals surface area contributed by atoms with Crippen LogP contribution in [0.15, 0.2) is 195 Å². The predicted octanol–water partition coefficient (Wildman–Crippen LogP) is 13.3. The van der Waals surface area contributed by atoms with Gasteiger partial charge in [-0.25, -0.2) is 15.0 Å². The topological polar surface area (TPSA) is 87.2 Å². The summed E-state index contributed by atoms with van der Waals surface area (Å²) < 4.78 is 6.99. The summed E-state index contributed by atoms with van der Waals surface area (Å²) in [6.07, 6.45) is 5.69. The normalized spacial score (nSPS) is 11.8. The number of thiophene rings is 1. The molecule has 0 atom stereocenters. The number of fused-ring (bicyclic) bond motifs is 9. The molecule has 7 aromatic carbocycles. The molecule has 13 aromatic rings. The van der Waals surface area contributed by atoms with Gasteiger partial charge >= 0.3 is 0 Å². The van der Waals surface area contributed by atoms with Crippen molar-refractivity contribution in [3.63, 3.8) is 0 Å². The monoisotopic (exact) mass is 824 g/mol. The number of rotatable bonds is 6. The highest BCUT2D eigenvalue weighted by Gasteiger charge is 2.20. The second-order valence-corrected chi connectivity index (χ2v) is 16.7. The summed E-state index contributed by atoms with van der Waals surface area (Å²) >= 11 is 1.80. The van der Waals surface area contributed by atoms with Crippen molar-refractivity contribution in [3.05, 3.63) is 195 Å². The van der Waals surface area contributed by atoms with Crippen molar-refractivity contribution in [2.45, 2.75) is 0 Å². The number of nitrogens with zero attached hydrogens (tertiary/aromatic N) is 8. The maximum absolute atomic E-state index is 5.22. The second kappa shape index (κ2) is 14.1. The third-order valence-corrected chi connectivity index (χ3v) is 13.1. The minimum atomic E-state index is 0.555. The van der Waals surface area contributed by atoms with Crippen molar-refractivity contribution < 1.29 is 0 Å². The molecule has 0 aliphatic rings. The number of pyridine rings is 1. The molecule has 0 fully saturated rings. The van der Waals surface area contributed by atoms with E-state index in [2.05, 4.69) is 123 Å². The van der Waals surface area contributed by atoms with E-state index in [4.69, 9.17) is 24.9 Å². The van der Waals surface area contributed by atoms with Crippen LogP contribution in [-0.2, 0) is 0 Å². The Labute approximate surface area is 364 Å². The quantitative estimate of drug-likeness (QED) is 0.166. The van der Waals surface area contributed by atoms with Gasteiger partial charge in [-0.1, -0.05) is 115 Å². The van der Waals surface area contributed by atoms with Crippen LogP contribution in [0.5, 0.6) is 0 Å². The minimum Gasteiger partial charge on any atom is -0.309 e. The average Bonchev–Trinajstić information content (AvgIpc) is 4.01. The fourth-order valence-electron chi connectivity index (χ4n) is 9.04. The first-order valence-corrected chi connectivity index (χ1v) is 21.6. The van der Waals surface area contributed by atoms with E-state index in [1.165, 1.54) is 30.9 Å². The number of para-hydroxylation sites is 2. The molecule has 0 saturated carbocycles. The summed E-state index contributed by atoms with van der Waals surface area (Å²) in [7, 11) is 0. The summed E-state index contributed by atoms with van der Waals surface area (Å²) in [6.45, 7) is 0. The third-order valence-electron chi connectivity index (χ3n) is 12.0. The average molecular weight is 825 g/mol. The molecule has 0 aliphatic carbocycles. The number of hydrogen-bond acceptors (Lipinski definition) is 7. The van der Waals surface area contributed by atoms with Gasteiger partial charge in [0.15, 0.2) is 17.5 Å². The molecule has 13 rings (SSSR count). The van der Waals surface area contributed by atoms with Gasteiger partial charge in [0, 0.05) is 88.2 Å². The van der Waals surface area contributed by atoms with E-state index < -0.39 is 0 Å². The molecule has 0 unspecified atom stereocenters. The zero-order valence-corrected chi connectivity index (χ0v) is 34.3. The summed E-state index contributed by atoms with van der Waals surface area (Å²) in [5.74, 6) is 2.44. The molecule has 294 valence electrons. The summed E-state index contributed by atoms with van der Waals surface area (Å²) in [5, 5.41) is 6.92. The van der Waals surface area contributed by atoms with Crippen LogP contribution in [0.2, 0.25) is 0 Å². The largest absolute Gasteiger partial charge is 0.309 e. The van der Waals surface area contributed by atoms with E-state index >= 15 is 0 Å². The molecule has 0 amide bonds. The zero-order valence-electron chi connectivity index (χ0n) is 33.5. The van der Waals surface area contributed by atoms with E-state index in [1.54, 1.807) is 11.3 Å². The van der Waals surface area contributed by atoms with Gasteiger partial charge in [0.05, 0.1) is 27.8 Å². The maximum atomic E-state index is 5.22. The van der Waals surface area contributed by atoms with Crippen LogP contribution >= 0.6 is 11.3 Å². The maximum Gasteiger partial charge on any atom is 0.238 e. The van der Waals surface area contributed by atoms with Gasteiger partial charge in [0.25, 0.3) is 0 Å². The van der Waals surface area contributed by atoms with Crippen molar-refractivity contribution in [2.75, 3.05) is 0 Å². The van der Waals surface area contributed by atoms with E-state index in [9.17, 15) is 0 Å². The molecule has 0 saturated heterocycles. The van der Waals surface area contributed by atoms with E-state index in [0.717, 1.165) is 66.5 Å². The van der Waals surface area contributed by atoms with Gasteiger partial charge in [-0.15, -0.1) is 11.3 Å². The van der Waals surface area contributed by atoms with Crippen LogP contribution in [-0.4, -0.2) is 39.0 Å². The summed E-state index contributed by atoms with van der Waals surface area (Å²) in [5.41, 5.74) is 9.94. The number of benzene rings is 7. The lowest BCUT2D eigenvalue weighted by Gasteiger charge is -2.11. The van der Waals surface area contributed by atoms with Gasteiger partial charge in [-0.3, -0.25) is 9.55 Å². The van der Waals surface area contributed by atoms with Crippen LogP contribution in [0.4, 0.5) is 0 Å².